The Morgan fingerprint density at radius 3 is 2.42 bits per heavy atom. The number of imide groups is 1. The molecule has 1 fully saturated rings. The van der Waals surface area contributed by atoms with Gasteiger partial charge in [-0.25, -0.2) is 13.7 Å². The van der Waals surface area contributed by atoms with Crippen LogP contribution >= 0.6 is 0 Å². The zero-order valence-electron chi connectivity index (χ0n) is 13.8. The molecule has 0 spiro atoms. The largest absolute Gasteiger partial charge is 0.271 e. The Kier molecular flexibility index (Phi) is 3.75. The SMILES string of the molecule is Cc1ccc(CN2N=N[C@@H]3C(=O)N(c4ccc(F)c(F)c4)C(=O)[C@H]32)cc1. The average molecular weight is 356 g/mol. The number of rotatable bonds is 3. The van der Waals surface area contributed by atoms with Crippen LogP contribution in [0.25, 0.3) is 0 Å². The summed E-state index contributed by atoms with van der Waals surface area (Å²) in [6.07, 6.45) is 0. The molecule has 2 amide bonds. The molecule has 26 heavy (non-hydrogen) atoms. The van der Waals surface area contributed by atoms with Crippen LogP contribution in [0.4, 0.5) is 14.5 Å². The fourth-order valence-electron chi connectivity index (χ4n) is 3.11. The van der Waals surface area contributed by atoms with Crippen molar-refractivity contribution in [3.05, 3.63) is 65.2 Å². The number of halogens is 2. The van der Waals surface area contributed by atoms with Crippen molar-refractivity contribution in [2.75, 3.05) is 4.90 Å². The molecule has 2 aromatic rings. The molecule has 2 heterocycles. The number of aryl methyl sites for hydroxylation is 1. The third kappa shape index (κ3) is 2.54. The van der Waals surface area contributed by atoms with Crippen LogP contribution in [0.1, 0.15) is 11.1 Å². The lowest BCUT2D eigenvalue weighted by molar-refractivity contribution is -0.123. The summed E-state index contributed by atoms with van der Waals surface area (Å²) in [4.78, 5) is 26.2. The first-order valence-electron chi connectivity index (χ1n) is 8.01. The molecule has 1 saturated heterocycles. The van der Waals surface area contributed by atoms with Gasteiger partial charge in [0.2, 0.25) is 0 Å². The predicted octanol–water partition coefficient (Wildman–Crippen LogP) is 2.77. The number of anilines is 1. The molecule has 6 nitrogen and oxygen atoms in total. The van der Waals surface area contributed by atoms with Crippen LogP contribution in [-0.4, -0.2) is 28.9 Å². The summed E-state index contributed by atoms with van der Waals surface area (Å²) in [5, 5.41) is 9.32. The van der Waals surface area contributed by atoms with Gasteiger partial charge in [0.25, 0.3) is 11.8 Å². The van der Waals surface area contributed by atoms with Gasteiger partial charge in [0.05, 0.1) is 12.2 Å². The summed E-state index contributed by atoms with van der Waals surface area (Å²) in [5.41, 5.74) is 2.01. The molecule has 0 aliphatic carbocycles. The van der Waals surface area contributed by atoms with E-state index in [4.69, 9.17) is 0 Å². The van der Waals surface area contributed by atoms with Crippen molar-refractivity contribution < 1.29 is 18.4 Å². The zero-order chi connectivity index (χ0) is 18.4. The Hall–Kier alpha value is -3.16. The molecule has 132 valence electrons. The van der Waals surface area contributed by atoms with Crippen LogP contribution in [0.15, 0.2) is 52.8 Å². The molecule has 0 aromatic heterocycles. The van der Waals surface area contributed by atoms with Crippen molar-refractivity contribution in [3.63, 3.8) is 0 Å². The van der Waals surface area contributed by atoms with Gasteiger partial charge in [-0.15, -0.1) is 0 Å². The van der Waals surface area contributed by atoms with E-state index in [1.165, 1.54) is 11.1 Å². The number of benzene rings is 2. The quantitative estimate of drug-likeness (QED) is 0.795. The van der Waals surface area contributed by atoms with Crippen LogP contribution < -0.4 is 4.90 Å². The molecule has 2 aromatic carbocycles. The Bertz CT molecular complexity index is 929. The van der Waals surface area contributed by atoms with Crippen molar-refractivity contribution in [3.8, 4) is 0 Å². The van der Waals surface area contributed by atoms with E-state index in [9.17, 15) is 18.4 Å². The molecule has 0 bridgehead atoms. The van der Waals surface area contributed by atoms with Crippen molar-refractivity contribution in [1.29, 1.82) is 0 Å². The molecular formula is C18H14F2N4O2. The van der Waals surface area contributed by atoms with E-state index < -0.39 is 35.5 Å². The normalized spacial score (nSPS) is 21.7. The lowest BCUT2D eigenvalue weighted by Crippen LogP contribution is -2.39. The third-order valence-corrected chi connectivity index (χ3v) is 4.48. The lowest BCUT2D eigenvalue weighted by atomic mass is 10.1. The number of carbonyl (C=O) groups is 2. The van der Waals surface area contributed by atoms with Crippen molar-refractivity contribution in [1.82, 2.24) is 5.01 Å². The molecule has 0 saturated carbocycles. The minimum Gasteiger partial charge on any atom is -0.271 e. The lowest BCUT2D eigenvalue weighted by Gasteiger charge is -2.20. The minimum absolute atomic E-state index is 0.0150. The number of hydrogen-bond acceptors (Lipinski definition) is 5. The summed E-state index contributed by atoms with van der Waals surface area (Å²) in [7, 11) is 0. The maximum Gasteiger partial charge on any atom is 0.263 e. The second-order valence-corrected chi connectivity index (χ2v) is 6.29. The van der Waals surface area contributed by atoms with Crippen LogP contribution in [0, 0.1) is 18.6 Å². The van der Waals surface area contributed by atoms with Gasteiger partial charge in [0.15, 0.2) is 23.7 Å². The summed E-state index contributed by atoms with van der Waals surface area (Å²) in [6, 6.07) is 8.75. The van der Waals surface area contributed by atoms with Crippen LogP contribution in [-0.2, 0) is 16.1 Å². The summed E-state index contributed by atoms with van der Waals surface area (Å²) < 4.78 is 26.6. The first-order valence-corrected chi connectivity index (χ1v) is 8.01. The fourth-order valence-corrected chi connectivity index (χ4v) is 3.11. The Labute approximate surface area is 147 Å². The molecule has 4 rings (SSSR count). The highest BCUT2D eigenvalue weighted by molar-refractivity contribution is 6.25. The second kappa shape index (κ2) is 5.98. The molecule has 0 radical (unpaired) electrons. The van der Waals surface area contributed by atoms with E-state index >= 15 is 0 Å². The van der Waals surface area contributed by atoms with Crippen molar-refractivity contribution >= 4 is 17.5 Å². The van der Waals surface area contributed by atoms with Gasteiger partial charge in [0, 0.05) is 6.07 Å². The van der Waals surface area contributed by atoms with Crippen LogP contribution in [0.5, 0.6) is 0 Å². The summed E-state index contributed by atoms with van der Waals surface area (Å²) >= 11 is 0. The number of amides is 2. The first-order chi connectivity index (χ1) is 12.5. The highest BCUT2D eigenvalue weighted by atomic mass is 19.2. The number of hydrogen-bond donors (Lipinski definition) is 0. The Balaban J connectivity index is 1.60. The molecule has 2 aliphatic rings. The van der Waals surface area contributed by atoms with Crippen molar-refractivity contribution in [2.45, 2.75) is 25.6 Å². The van der Waals surface area contributed by atoms with E-state index in [0.717, 1.165) is 28.2 Å². The smallest absolute Gasteiger partial charge is 0.263 e. The highest BCUT2D eigenvalue weighted by Crippen LogP contribution is 2.33. The van der Waals surface area contributed by atoms with Gasteiger partial charge in [-0.2, -0.15) is 5.11 Å². The van der Waals surface area contributed by atoms with Crippen molar-refractivity contribution in [2.24, 2.45) is 10.3 Å². The maximum absolute atomic E-state index is 13.5. The minimum atomic E-state index is -1.13. The van der Waals surface area contributed by atoms with Gasteiger partial charge >= 0.3 is 0 Å². The first kappa shape index (κ1) is 16.3. The summed E-state index contributed by atoms with van der Waals surface area (Å²) in [6.45, 7) is 2.28. The molecule has 8 heteroatoms. The molecular weight excluding hydrogens is 342 g/mol. The number of nitrogens with zero attached hydrogens (tertiary/aromatic N) is 4. The average Bonchev–Trinajstić information content (AvgIpc) is 3.13. The van der Waals surface area contributed by atoms with E-state index in [1.54, 1.807) is 0 Å². The van der Waals surface area contributed by atoms with Crippen LogP contribution in [0.3, 0.4) is 0 Å². The van der Waals surface area contributed by atoms with Gasteiger partial charge in [-0.05, 0) is 24.6 Å². The number of carbonyl (C=O) groups excluding carboxylic acids is 2. The molecule has 2 atom stereocenters. The standard InChI is InChI=1S/C18H14F2N4O2/c1-10-2-4-11(5-3-10)9-23-16-15(21-22-23)17(25)24(18(16)26)12-6-7-13(19)14(20)8-12/h2-8,15-16H,9H2,1H3/t15-,16-/m0/s1. The van der Waals surface area contributed by atoms with Gasteiger partial charge in [-0.3, -0.25) is 14.6 Å². The van der Waals surface area contributed by atoms with E-state index in [2.05, 4.69) is 10.3 Å². The zero-order valence-corrected chi connectivity index (χ0v) is 13.8. The van der Waals surface area contributed by atoms with Gasteiger partial charge < -0.3 is 0 Å². The topological polar surface area (TPSA) is 65.3 Å². The van der Waals surface area contributed by atoms with Gasteiger partial charge in [0.1, 0.15) is 0 Å². The second-order valence-electron chi connectivity index (χ2n) is 6.29. The van der Waals surface area contributed by atoms with Crippen LogP contribution in [0.2, 0.25) is 0 Å². The summed E-state index contributed by atoms with van der Waals surface area (Å²) in [5.74, 6) is -3.32. The van der Waals surface area contributed by atoms with E-state index in [0.29, 0.717) is 6.54 Å². The van der Waals surface area contributed by atoms with E-state index in [-0.39, 0.29) is 5.69 Å². The highest BCUT2D eigenvalue weighted by Gasteiger charge is 2.54. The molecule has 2 aliphatic heterocycles. The predicted molar refractivity (Wildman–Crippen MR) is 88.0 cm³/mol. The molecule has 0 N–H and O–H groups in total. The van der Waals surface area contributed by atoms with Gasteiger partial charge in [-0.1, -0.05) is 35.1 Å². The maximum atomic E-state index is 13.5. The third-order valence-electron chi connectivity index (χ3n) is 4.48. The Morgan fingerprint density at radius 2 is 1.73 bits per heavy atom. The monoisotopic (exact) mass is 356 g/mol. The fraction of sp³-hybridized carbons (Fsp3) is 0.222. The number of fused-ring (bicyclic) bond motifs is 1. The molecule has 0 unspecified atom stereocenters. The Morgan fingerprint density at radius 1 is 1.00 bits per heavy atom. The van der Waals surface area contributed by atoms with E-state index in [1.807, 2.05) is 31.2 Å².